The van der Waals surface area contributed by atoms with E-state index in [9.17, 15) is 0 Å². The van der Waals surface area contributed by atoms with Crippen LogP contribution < -0.4 is 11.3 Å². The lowest BCUT2D eigenvalue weighted by molar-refractivity contribution is 1.06. The predicted octanol–water partition coefficient (Wildman–Crippen LogP) is 0.915. The Labute approximate surface area is 69.4 Å². The molecule has 0 bridgehead atoms. The van der Waals surface area contributed by atoms with Crippen LogP contribution in [-0.2, 0) is 0 Å². The molecule has 0 aliphatic carbocycles. The van der Waals surface area contributed by atoms with E-state index >= 15 is 0 Å². The first-order chi connectivity index (χ1) is 5.90. The highest BCUT2D eigenvalue weighted by atomic mass is 15.3. The number of aromatic nitrogens is 2. The standard InChI is InChI=1S/C8H8N4/c9-10-8-5-6-3-1-2-4-7(6)11-12-8/h1-5H,9H2,(H,10,12). The van der Waals surface area contributed by atoms with Gasteiger partial charge in [0.15, 0.2) is 5.82 Å². The van der Waals surface area contributed by atoms with Crippen LogP contribution in [0.15, 0.2) is 30.3 Å². The van der Waals surface area contributed by atoms with Gasteiger partial charge in [0.2, 0.25) is 0 Å². The maximum Gasteiger partial charge on any atom is 0.163 e. The maximum absolute atomic E-state index is 5.19. The summed E-state index contributed by atoms with van der Waals surface area (Å²) in [5.41, 5.74) is 3.32. The quantitative estimate of drug-likeness (QED) is 0.481. The van der Waals surface area contributed by atoms with Crippen molar-refractivity contribution >= 4 is 16.7 Å². The van der Waals surface area contributed by atoms with E-state index in [0.717, 1.165) is 10.9 Å². The zero-order chi connectivity index (χ0) is 8.39. The molecule has 0 radical (unpaired) electrons. The predicted molar refractivity (Wildman–Crippen MR) is 47.3 cm³/mol. The van der Waals surface area contributed by atoms with Gasteiger partial charge in [0.25, 0.3) is 0 Å². The number of fused-ring (bicyclic) bond motifs is 1. The third-order valence-electron chi connectivity index (χ3n) is 1.64. The van der Waals surface area contributed by atoms with Crippen molar-refractivity contribution in [3.05, 3.63) is 30.3 Å². The van der Waals surface area contributed by atoms with Crippen LogP contribution in [0.3, 0.4) is 0 Å². The van der Waals surface area contributed by atoms with Crippen molar-refractivity contribution in [1.82, 2.24) is 10.2 Å². The Hall–Kier alpha value is -1.68. The molecular formula is C8H8N4. The Kier molecular flexibility index (Phi) is 1.60. The summed E-state index contributed by atoms with van der Waals surface area (Å²) in [6.07, 6.45) is 0. The molecule has 3 N–H and O–H groups in total. The van der Waals surface area contributed by atoms with Crippen LogP contribution in [-0.4, -0.2) is 10.2 Å². The van der Waals surface area contributed by atoms with E-state index in [1.54, 1.807) is 0 Å². The van der Waals surface area contributed by atoms with Gasteiger partial charge in [-0.25, -0.2) is 5.84 Å². The van der Waals surface area contributed by atoms with E-state index in [2.05, 4.69) is 15.6 Å². The fraction of sp³-hybridized carbons (Fsp3) is 0. The largest absolute Gasteiger partial charge is 0.307 e. The molecule has 0 spiro atoms. The normalized spacial score (nSPS) is 10.1. The molecule has 2 rings (SSSR count). The summed E-state index contributed by atoms with van der Waals surface area (Å²) in [7, 11) is 0. The zero-order valence-corrected chi connectivity index (χ0v) is 6.36. The molecule has 1 aromatic carbocycles. The minimum atomic E-state index is 0.578. The van der Waals surface area contributed by atoms with Crippen LogP contribution >= 0.6 is 0 Å². The van der Waals surface area contributed by atoms with Crippen molar-refractivity contribution in [3.8, 4) is 0 Å². The van der Waals surface area contributed by atoms with Gasteiger partial charge in [0, 0.05) is 5.39 Å². The molecule has 0 saturated heterocycles. The van der Waals surface area contributed by atoms with Crippen LogP contribution in [0.5, 0.6) is 0 Å². The van der Waals surface area contributed by atoms with E-state index in [4.69, 9.17) is 5.84 Å². The average molecular weight is 160 g/mol. The minimum Gasteiger partial charge on any atom is -0.307 e. The fourth-order valence-electron chi connectivity index (χ4n) is 1.06. The monoisotopic (exact) mass is 160 g/mol. The molecule has 0 aliphatic rings. The van der Waals surface area contributed by atoms with Gasteiger partial charge in [-0.2, -0.15) is 0 Å². The molecular weight excluding hydrogens is 152 g/mol. The Morgan fingerprint density at radius 2 is 2.00 bits per heavy atom. The smallest absolute Gasteiger partial charge is 0.163 e. The molecule has 0 unspecified atom stereocenters. The van der Waals surface area contributed by atoms with Gasteiger partial charge in [-0.3, -0.25) is 0 Å². The number of rotatable bonds is 1. The molecule has 60 valence electrons. The van der Waals surface area contributed by atoms with Gasteiger partial charge in [0.05, 0.1) is 5.52 Å². The number of anilines is 1. The highest BCUT2D eigenvalue weighted by Crippen LogP contribution is 2.12. The SMILES string of the molecule is NNc1cc2ccccc2nn1. The van der Waals surface area contributed by atoms with Crippen molar-refractivity contribution in [2.75, 3.05) is 5.43 Å². The first-order valence-electron chi connectivity index (χ1n) is 3.59. The Bertz CT molecular complexity index is 399. The zero-order valence-electron chi connectivity index (χ0n) is 6.36. The van der Waals surface area contributed by atoms with E-state index in [0.29, 0.717) is 5.82 Å². The molecule has 1 heterocycles. The van der Waals surface area contributed by atoms with Crippen LogP contribution in [0.25, 0.3) is 10.9 Å². The molecule has 0 aliphatic heterocycles. The van der Waals surface area contributed by atoms with Crippen molar-refractivity contribution < 1.29 is 0 Å². The first kappa shape index (κ1) is 7.00. The summed E-state index contributed by atoms with van der Waals surface area (Å²) >= 11 is 0. The lowest BCUT2D eigenvalue weighted by atomic mass is 10.2. The lowest BCUT2D eigenvalue weighted by Gasteiger charge is -1.98. The van der Waals surface area contributed by atoms with E-state index in [1.807, 2.05) is 30.3 Å². The van der Waals surface area contributed by atoms with E-state index in [1.165, 1.54) is 0 Å². The third kappa shape index (κ3) is 1.08. The van der Waals surface area contributed by atoms with Gasteiger partial charge < -0.3 is 5.43 Å². The van der Waals surface area contributed by atoms with Crippen molar-refractivity contribution in [2.45, 2.75) is 0 Å². The number of nitrogens with two attached hydrogens (primary N) is 1. The number of benzene rings is 1. The van der Waals surface area contributed by atoms with Gasteiger partial charge in [-0.1, -0.05) is 18.2 Å². The number of hydrogen-bond donors (Lipinski definition) is 2. The lowest BCUT2D eigenvalue weighted by Crippen LogP contribution is -2.08. The van der Waals surface area contributed by atoms with Crippen LogP contribution in [0, 0.1) is 0 Å². The molecule has 0 saturated carbocycles. The van der Waals surface area contributed by atoms with E-state index < -0.39 is 0 Å². The molecule has 12 heavy (non-hydrogen) atoms. The minimum absolute atomic E-state index is 0.578. The summed E-state index contributed by atoms with van der Waals surface area (Å²) in [5.74, 6) is 5.77. The second-order valence-corrected chi connectivity index (χ2v) is 2.43. The highest BCUT2D eigenvalue weighted by molar-refractivity contribution is 5.79. The van der Waals surface area contributed by atoms with Crippen LogP contribution in [0.1, 0.15) is 0 Å². The van der Waals surface area contributed by atoms with E-state index in [-0.39, 0.29) is 0 Å². The summed E-state index contributed by atoms with van der Waals surface area (Å²) in [6.45, 7) is 0. The summed E-state index contributed by atoms with van der Waals surface area (Å²) in [4.78, 5) is 0. The van der Waals surface area contributed by atoms with Crippen LogP contribution in [0.2, 0.25) is 0 Å². The number of nitrogens with zero attached hydrogens (tertiary/aromatic N) is 2. The molecule has 2 aromatic rings. The molecule has 0 amide bonds. The average Bonchev–Trinajstić information content (AvgIpc) is 2.17. The number of hydrazine groups is 1. The van der Waals surface area contributed by atoms with Gasteiger partial charge >= 0.3 is 0 Å². The van der Waals surface area contributed by atoms with Crippen molar-refractivity contribution in [2.24, 2.45) is 5.84 Å². The first-order valence-corrected chi connectivity index (χ1v) is 3.59. The highest BCUT2D eigenvalue weighted by Gasteiger charge is 1.95. The van der Waals surface area contributed by atoms with Gasteiger partial charge in [-0.05, 0) is 12.1 Å². The van der Waals surface area contributed by atoms with Crippen LogP contribution in [0.4, 0.5) is 5.82 Å². The third-order valence-corrected chi connectivity index (χ3v) is 1.64. The number of nitrogen functional groups attached to an aromatic ring is 1. The fourth-order valence-corrected chi connectivity index (χ4v) is 1.06. The Balaban J connectivity index is 2.67. The molecule has 0 atom stereocenters. The van der Waals surface area contributed by atoms with Gasteiger partial charge in [0.1, 0.15) is 0 Å². The summed E-state index contributed by atoms with van der Waals surface area (Å²) < 4.78 is 0. The summed E-state index contributed by atoms with van der Waals surface area (Å²) in [5, 5.41) is 8.83. The maximum atomic E-state index is 5.19. The van der Waals surface area contributed by atoms with Crippen molar-refractivity contribution in [1.29, 1.82) is 0 Å². The molecule has 0 fully saturated rings. The second-order valence-electron chi connectivity index (χ2n) is 2.43. The number of nitrogens with one attached hydrogen (secondary N) is 1. The molecule has 4 heteroatoms. The number of hydrogen-bond acceptors (Lipinski definition) is 4. The second kappa shape index (κ2) is 2.75. The molecule has 1 aromatic heterocycles. The summed E-state index contributed by atoms with van der Waals surface area (Å²) in [6, 6.07) is 9.59. The Morgan fingerprint density at radius 1 is 1.17 bits per heavy atom. The topological polar surface area (TPSA) is 63.8 Å². The van der Waals surface area contributed by atoms with Crippen molar-refractivity contribution in [3.63, 3.8) is 0 Å². The van der Waals surface area contributed by atoms with Gasteiger partial charge in [-0.15, -0.1) is 10.2 Å². The Morgan fingerprint density at radius 3 is 2.83 bits per heavy atom. The molecule has 4 nitrogen and oxygen atoms in total.